The molecule has 2 amide bonds. The van der Waals surface area contributed by atoms with E-state index in [0.29, 0.717) is 28.7 Å². The van der Waals surface area contributed by atoms with Crippen LogP contribution in [0.3, 0.4) is 0 Å². The molecule has 37 heavy (non-hydrogen) atoms. The van der Waals surface area contributed by atoms with Crippen LogP contribution in [0, 0.1) is 17.8 Å². The first kappa shape index (κ1) is 23.6. The molecule has 7 nitrogen and oxygen atoms in total. The van der Waals surface area contributed by atoms with Gasteiger partial charge in [-0.25, -0.2) is 0 Å². The number of thiophene rings is 1. The zero-order valence-electron chi connectivity index (χ0n) is 20.4. The van der Waals surface area contributed by atoms with Gasteiger partial charge in [-0.1, -0.05) is 23.8 Å². The molecule has 1 saturated heterocycles. The molecule has 0 bridgehead atoms. The van der Waals surface area contributed by atoms with E-state index in [1.165, 1.54) is 35.5 Å². The lowest BCUT2D eigenvalue weighted by molar-refractivity contribution is -0.140. The highest BCUT2D eigenvalue weighted by atomic mass is 32.1. The summed E-state index contributed by atoms with van der Waals surface area (Å²) in [6, 6.07) is 8.71. The summed E-state index contributed by atoms with van der Waals surface area (Å²) in [7, 11) is 1.45. The molecule has 1 aromatic carbocycles. The van der Waals surface area contributed by atoms with Crippen LogP contribution in [0.5, 0.6) is 11.5 Å². The van der Waals surface area contributed by atoms with Crippen LogP contribution in [-0.4, -0.2) is 40.5 Å². The van der Waals surface area contributed by atoms with Crippen molar-refractivity contribution in [3.8, 4) is 11.5 Å². The number of amides is 2. The second-order valence-corrected chi connectivity index (χ2v) is 11.0. The summed E-state index contributed by atoms with van der Waals surface area (Å²) in [5.41, 5.74) is 2.78. The lowest BCUT2D eigenvalue weighted by atomic mass is 9.59. The zero-order valence-corrected chi connectivity index (χ0v) is 21.2. The Hall–Kier alpha value is -3.78. The molecule has 1 aliphatic heterocycles. The number of likely N-dealkylation sites (tertiary alicyclic amines) is 1. The summed E-state index contributed by atoms with van der Waals surface area (Å²) in [5.74, 6) is -2.61. The van der Waals surface area contributed by atoms with E-state index in [0.717, 1.165) is 10.5 Å². The van der Waals surface area contributed by atoms with Crippen molar-refractivity contribution in [2.45, 2.75) is 32.2 Å². The number of rotatable bonds is 4. The first-order chi connectivity index (χ1) is 17.8. The Morgan fingerprint density at radius 1 is 1.11 bits per heavy atom. The molecule has 4 atom stereocenters. The van der Waals surface area contributed by atoms with Crippen molar-refractivity contribution in [3.63, 3.8) is 0 Å². The number of benzene rings is 1. The predicted molar refractivity (Wildman–Crippen MR) is 136 cm³/mol. The van der Waals surface area contributed by atoms with Gasteiger partial charge in [-0.05, 0) is 60.9 Å². The van der Waals surface area contributed by atoms with Gasteiger partial charge in [-0.3, -0.25) is 24.1 Å². The average Bonchev–Trinajstić information content (AvgIpc) is 3.49. The Morgan fingerprint density at radius 3 is 2.65 bits per heavy atom. The van der Waals surface area contributed by atoms with Crippen molar-refractivity contribution >= 4 is 34.7 Å². The van der Waals surface area contributed by atoms with Crippen molar-refractivity contribution in [1.82, 2.24) is 4.90 Å². The van der Waals surface area contributed by atoms with Crippen LogP contribution >= 0.6 is 11.3 Å². The second-order valence-electron chi connectivity index (χ2n) is 10.0. The fourth-order valence-electron chi connectivity index (χ4n) is 6.39. The molecular weight excluding hydrogens is 490 g/mol. The number of ketones is 2. The fraction of sp³-hybridized carbons (Fsp3) is 0.310. The topological polar surface area (TPSA) is 101 Å². The Balaban J connectivity index is 1.47. The molecule has 0 saturated carbocycles. The predicted octanol–water partition coefficient (Wildman–Crippen LogP) is 4.09. The van der Waals surface area contributed by atoms with Gasteiger partial charge in [-0.15, -0.1) is 11.3 Å². The number of nitrogens with zero attached hydrogens (tertiary/aromatic N) is 1. The van der Waals surface area contributed by atoms with E-state index < -0.39 is 17.8 Å². The first-order valence-corrected chi connectivity index (χ1v) is 13.1. The van der Waals surface area contributed by atoms with Crippen LogP contribution in [0.15, 0.2) is 70.2 Å². The summed E-state index contributed by atoms with van der Waals surface area (Å²) in [6.45, 7) is 1.88. The smallest absolute Gasteiger partial charge is 0.234 e. The lowest BCUT2D eigenvalue weighted by Crippen LogP contribution is -2.39. The van der Waals surface area contributed by atoms with E-state index in [9.17, 15) is 24.3 Å². The minimum Gasteiger partial charge on any atom is -0.504 e. The fourth-order valence-corrected chi connectivity index (χ4v) is 7.09. The van der Waals surface area contributed by atoms with Crippen LogP contribution < -0.4 is 4.74 Å². The van der Waals surface area contributed by atoms with Crippen molar-refractivity contribution in [2.24, 2.45) is 17.8 Å². The first-order valence-electron chi connectivity index (χ1n) is 12.2. The number of allylic oxidation sites excluding steroid dienone is 6. The number of carbonyl (C=O) groups is 4. The average molecular weight is 516 g/mol. The number of ether oxygens (including phenoxy) is 1. The maximum atomic E-state index is 13.7. The largest absolute Gasteiger partial charge is 0.504 e. The third-order valence-corrected chi connectivity index (χ3v) is 8.95. The number of carbonyl (C=O) groups excluding carboxylic acids is 4. The van der Waals surface area contributed by atoms with Gasteiger partial charge in [-0.2, -0.15) is 0 Å². The molecule has 4 aliphatic rings. The monoisotopic (exact) mass is 515 g/mol. The normalized spacial score (nSPS) is 27.0. The van der Waals surface area contributed by atoms with Gasteiger partial charge in [0.1, 0.15) is 0 Å². The molecule has 6 rings (SSSR count). The van der Waals surface area contributed by atoms with Gasteiger partial charge in [0.15, 0.2) is 23.1 Å². The molecule has 4 unspecified atom stereocenters. The van der Waals surface area contributed by atoms with E-state index >= 15 is 0 Å². The number of phenols is 1. The van der Waals surface area contributed by atoms with Crippen LogP contribution in [-0.2, 0) is 25.7 Å². The van der Waals surface area contributed by atoms with E-state index in [-0.39, 0.29) is 53.8 Å². The molecule has 0 spiro atoms. The maximum Gasteiger partial charge on any atom is 0.234 e. The second kappa shape index (κ2) is 8.66. The molecular formula is C29H25NO6S. The van der Waals surface area contributed by atoms with E-state index in [2.05, 4.69) is 0 Å². The zero-order chi connectivity index (χ0) is 26.0. The highest BCUT2D eigenvalue weighted by Gasteiger charge is 2.56. The number of hydrogen-bond acceptors (Lipinski definition) is 7. The van der Waals surface area contributed by atoms with Crippen molar-refractivity contribution < 1.29 is 29.0 Å². The van der Waals surface area contributed by atoms with Gasteiger partial charge in [0.05, 0.1) is 25.5 Å². The quantitative estimate of drug-likeness (QED) is 0.374. The third kappa shape index (κ3) is 3.54. The van der Waals surface area contributed by atoms with E-state index in [4.69, 9.17) is 4.74 Å². The van der Waals surface area contributed by atoms with Crippen molar-refractivity contribution in [3.05, 3.63) is 80.6 Å². The summed E-state index contributed by atoms with van der Waals surface area (Å²) < 4.78 is 5.33. The SMILES string of the molecule is COc1cc(C2C3=CCC4C(=O)N(Cc5cccs5)C(=O)C4C3CC3=C2C(=O)C(C)=CC3=O)ccc1O. The highest BCUT2D eigenvalue weighted by molar-refractivity contribution is 7.09. The number of imide groups is 1. The highest BCUT2D eigenvalue weighted by Crippen LogP contribution is 2.55. The van der Waals surface area contributed by atoms with Crippen LogP contribution in [0.1, 0.15) is 36.1 Å². The Bertz CT molecular complexity index is 1460. The summed E-state index contributed by atoms with van der Waals surface area (Å²) in [5, 5.41) is 12.1. The van der Waals surface area contributed by atoms with Crippen molar-refractivity contribution in [2.75, 3.05) is 7.11 Å². The number of methoxy groups -OCH3 is 1. The summed E-state index contributed by atoms with van der Waals surface area (Å²) >= 11 is 1.50. The molecule has 0 radical (unpaired) electrons. The maximum absolute atomic E-state index is 13.7. The molecule has 2 heterocycles. The number of Topliss-reactive ketones (excluding diaryl/α,β-unsaturated/α-hetero) is 1. The molecule has 1 fully saturated rings. The molecule has 2 aromatic rings. The van der Waals surface area contributed by atoms with Gasteiger partial charge < -0.3 is 9.84 Å². The van der Waals surface area contributed by atoms with Gasteiger partial charge >= 0.3 is 0 Å². The van der Waals surface area contributed by atoms with Crippen LogP contribution in [0.2, 0.25) is 0 Å². The lowest BCUT2D eigenvalue weighted by Gasteiger charge is -2.42. The van der Waals surface area contributed by atoms with Crippen LogP contribution in [0.25, 0.3) is 0 Å². The van der Waals surface area contributed by atoms with Gasteiger partial charge in [0.2, 0.25) is 11.8 Å². The summed E-state index contributed by atoms with van der Waals surface area (Å²) in [4.78, 5) is 56.0. The molecule has 1 aromatic heterocycles. The van der Waals surface area contributed by atoms with E-state index in [1.807, 2.05) is 23.6 Å². The molecule has 188 valence electrons. The van der Waals surface area contributed by atoms with Crippen LogP contribution in [0.4, 0.5) is 0 Å². The Labute approximate surface area is 217 Å². The minimum atomic E-state index is -0.585. The minimum absolute atomic E-state index is 0.0339. The van der Waals surface area contributed by atoms with Crippen molar-refractivity contribution in [1.29, 1.82) is 0 Å². The number of phenolic OH excluding ortho intramolecular Hbond substituents is 1. The standard InChI is InChI=1S/C29H25NO6S/c1-14-10-22(32)20-12-19-17(24(26(20)27(14)33)15-5-8-21(31)23(11-15)36-2)6-7-18-25(19)29(35)30(28(18)34)13-16-4-3-9-37-16/h3-6,8-11,18-19,24-25,31H,7,12-13H2,1-2H3. The molecule has 3 aliphatic carbocycles. The Kier molecular flexibility index (Phi) is 5.53. The van der Waals surface area contributed by atoms with Gasteiger partial charge in [0, 0.05) is 27.5 Å². The third-order valence-electron chi connectivity index (χ3n) is 8.09. The summed E-state index contributed by atoms with van der Waals surface area (Å²) in [6.07, 6.45) is 4.00. The Morgan fingerprint density at radius 2 is 1.92 bits per heavy atom. The molecule has 1 N–H and O–H groups in total. The number of aromatic hydroxyl groups is 1. The molecule has 8 heteroatoms. The number of hydrogen-bond donors (Lipinski definition) is 1. The van der Waals surface area contributed by atoms with Gasteiger partial charge in [0.25, 0.3) is 0 Å². The van der Waals surface area contributed by atoms with E-state index in [1.54, 1.807) is 19.1 Å². The number of fused-ring (bicyclic) bond motifs is 3.